The SMILES string of the molecule is CCN1C=CC(Nn2ccc(C(C)O)c2)=CC1. The zero-order valence-corrected chi connectivity index (χ0v) is 10.3. The molecule has 0 amide bonds. The summed E-state index contributed by atoms with van der Waals surface area (Å²) in [4.78, 5) is 2.22. The highest BCUT2D eigenvalue weighted by Gasteiger charge is 2.05. The Morgan fingerprint density at radius 1 is 1.53 bits per heavy atom. The molecular formula is C13H19N3O. The van der Waals surface area contributed by atoms with E-state index in [0.717, 1.165) is 24.4 Å². The molecule has 1 atom stereocenters. The number of hydrogen-bond acceptors (Lipinski definition) is 3. The van der Waals surface area contributed by atoms with Crippen molar-refractivity contribution in [2.75, 3.05) is 18.5 Å². The van der Waals surface area contributed by atoms with Crippen LogP contribution in [0.5, 0.6) is 0 Å². The minimum absolute atomic E-state index is 0.426. The van der Waals surface area contributed by atoms with Crippen molar-refractivity contribution < 1.29 is 5.11 Å². The van der Waals surface area contributed by atoms with Crippen molar-refractivity contribution in [1.29, 1.82) is 0 Å². The number of aliphatic hydroxyl groups excluding tert-OH is 1. The van der Waals surface area contributed by atoms with E-state index in [0.29, 0.717) is 0 Å². The standard InChI is InChI=1S/C13H19N3O/c1-3-15-7-5-13(6-8-15)14-16-9-4-12(10-16)11(2)17/h4-7,9-11,14,17H,3,8H2,1-2H3. The molecule has 1 aromatic heterocycles. The molecule has 1 aliphatic heterocycles. The molecule has 0 bridgehead atoms. The largest absolute Gasteiger partial charge is 0.389 e. The maximum atomic E-state index is 9.43. The van der Waals surface area contributed by atoms with Crippen LogP contribution in [0.1, 0.15) is 25.5 Å². The Bertz CT molecular complexity index is 432. The second-order valence-electron chi connectivity index (χ2n) is 4.20. The Labute approximate surface area is 102 Å². The van der Waals surface area contributed by atoms with E-state index in [1.807, 2.05) is 23.1 Å². The predicted octanol–water partition coefficient (Wildman–Crippen LogP) is 1.82. The monoisotopic (exact) mass is 233 g/mol. The fourth-order valence-electron chi connectivity index (χ4n) is 1.73. The van der Waals surface area contributed by atoms with Crippen molar-refractivity contribution >= 4 is 0 Å². The summed E-state index contributed by atoms with van der Waals surface area (Å²) in [7, 11) is 0. The van der Waals surface area contributed by atoms with Gasteiger partial charge in [-0.3, -0.25) is 10.1 Å². The van der Waals surface area contributed by atoms with Crippen LogP contribution in [-0.2, 0) is 0 Å². The van der Waals surface area contributed by atoms with Crippen LogP contribution in [0.3, 0.4) is 0 Å². The molecule has 92 valence electrons. The molecular weight excluding hydrogens is 214 g/mol. The van der Waals surface area contributed by atoms with E-state index in [2.05, 4.69) is 35.6 Å². The van der Waals surface area contributed by atoms with Crippen LogP contribution in [-0.4, -0.2) is 27.8 Å². The molecule has 4 heteroatoms. The van der Waals surface area contributed by atoms with Gasteiger partial charge in [-0.15, -0.1) is 0 Å². The lowest BCUT2D eigenvalue weighted by atomic mass is 10.2. The Kier molecular flexibility index (Phi) is 3.54. The number of aromatic nitrogens is 1. The Morgan fingerprint density at radius 2 is 2.35 bits per heavy atom. The van der Waals surface area contributed by atoms with E-state index in [9.17, 15) is 5.11 Å². The lowest BCUT2D eigenvalue weighted by molar-refractivity contribution is 0.199. The molecule has 1 unspecified atom stereocenters. The molecule has 1 aromatic rings. The van der Waals surface area contributed by atoms with Gasteiger partial charge < -0.3 is 10.0 Å². The van der Waals surface area contributed by atoms with Crippen molar-refractivity contribution in [2.24, 2.45) is 0 Å². The summed E-state index contributed by atoms with van der Waals surface area (Å²) in [6.45, 7) is 5.85. The van der Waals surface area contributed by atoms with E-state index >= 15 is 0 Å². The van der Waals surface area contributed by atoms with Gasteiger partial charge in [-0.25, -0.2) is 0 Å². The van der Waals surface area contributed by atoms with E-state index in [4.69, 9.17) is 0 Å². The number of allylic oxidation sites excluding steroid dienone is 1. The van der Waals surface area contributed by atoms with Crippen LogP contribution in [0.2, 0.25) is 0 Å². The normalized spacial score (nSPS) is 16.9. The lowest BCUT2D eigenvalue weighted by Crippen LogP contribution is -2.22. The quantitative estimate of drug-likeness (QED) is 0.833. The molecule has 0 saturated heterocycles. The first-order valence-electron chi connectivity index (χ1n) is 5.94. The average molecular weight is 233 g/mol. The van der Waals surface area contributed by atoms with Crippen LogP contribution in [0.15, 0.2) is 42.5 Å². The highest BCUT2D eigenvalue weighted by atomic mass is 16.3. The van der Waals surface area contributed by atoms with Gasteiger partial charge >= 0.3 is 0 Å². The molecule has 0 aliphatic carbocycles. The summed E-state index contributed by atoms with van der Waals surface area (Å²) in [5.41, 5.74) is 5.24. The zero-order chi connectivity index (χ0) is 12.3. The predicted molar refractivity (Wildman–Crippen MR) is 68.9 cm³/mol. The van der Waals surface area contributed by atoms with Gasteiger partial charge in [-0.1, -0.05) is 0 Å². The van der Waals surface area contributed by atoms with Crippen LogP contribution in [0.4, 0.5) is 0 Å². The van der Waals surface area contributed by atoms with Crippen molar-refractivity contribution in [1.82, 2.24) is 9.58 Å². The van der Waals surface area contributed by atoms with E-state index < -0.39 is 6.10 Å². The number of nitrogens with zero attached hydrogens (tertiary/aromatic N) is 2. The highest BCUT2D eigenvalue weighted by molar-refractivity contribution is 5.28. The summed E-state index contributed by atoms with van der Waals surface area (Å²) in [5, 5.41) is 9.43. The topological polar surface area (TPSA) is 40.4 Å². The van der Waals surface area contributed by atoms with Crippen molar-refractivity contribution in [2.45, 2.75) is 20.0 Å². The van der Waals surface area contributed by atoms with Crippen molar-refractivity contribution in [3.63, 3.8) is 0 Å². The van der Waals surface area contributed by atoms with Crippen molar-refractivity contribution in [3.05, 3.63) is 48.1 Å². The summed E-state index contributed by atoms with van der Waals surface area (Å²) >= 11 is 0. The number of aliphatic hydroxyl groups is 1. The van der Waals surface area contributed by atoms with E-state index in [1.165, 1.54) is 0 Å². The lowest BCUT2D eigenvalue weighted by Gasteiger charge is -2.21. The molecule has 0 aromatic carbocycles. The van der Waals surface area contributed by atoms with E-state index in [1.54, 1.807) is 6.92 Å². The molecule has 4 nitrogen and oxygen atoms in total. The van der Waals surface area contributed by atoms with Crippen LogP contribution >= 0.6 is 0 Å². The third-order valence-electron chi connectivity index (χ3n) is 2.87. The molecule has 2 rings (SSSR count). The minimum atomic E-state index is -0.426. The number of likely N-dealkylation sites (N-methyl/N-ethyl adjacent to an activating group) is 1. The van der Waals surface area contributed by atoms with Gasteiger partial charge in [0.2, 0.25) is 0 Å². The van der Waals surface area contributed by atoms with Gasteiger partial charge in [-0.2, -0.15) is 0 Å². The second kappa shape index (κ2) is 5.10. The third kappa shape index (κ3) is 2.91. The van der Waals surface area contributed by atoms with E-state index in [-0.39, 0.29) is 0 Å². The zero-order valence-electron chi connectivity index (χ0n) is 10.3. The Morgan fingerprint density at radius 3 is 2.88 bits per heavy atom. The molecule has 17 heavy (non-hydrogen) atoms. The second-order valence-corrected chi connectivity index (χ2v) is 4.20. The molecule has 2 N–H and O–H groups in total. The summed E-state index contributed by atoms with van der Waals surface area (Å²) in [5.74, 6) is 0. The van der Waals surface area contributed by atoms with Gasteiger partial charge in [0, 0.05) is 31.7 Å². The fourth-order valence-corrected chi connectivity index (χ4v) is 1.73. The molecule has 0 fully saturated rings. The minimum Gasteiger partial charge on any atom is -0.389 e. The van der Waals surface area contributed by atoms with Crippen LogP contribution < -0.4 is 5.43 Å². The highest BCUT2D eigenvalue weighted by Crippen LogP contribution is 2.12. The van der Waals surface area contributed by atoms with Crippen LogP contribution in [0, 0.1) is 0 Å². The molecule has 0 spiro atoms. The van der Waals surface area contributed by atoms with Gasteiger partial charge in [0.05, 0.1) is 11.8 Å². The molecule has 0 saturated carbocycles. The number of rotatable bonds is 4. The molecule has 2 heterocycles. The average Bonchev–Trinajstić information content (AvgIpc) is 2.79. The maximum Gasteiger partial charge on any atom is 0.0777 e. The summed E-state index contributed by atoms with van der Waals surface area (Å²) in [6.07, 6.45) is 9.65. The van der Waals surface area contributed by atoms with Gasteiger partial charge in [-0.05, 0) is 37.6 Å². The Hall–Kier alpha value is -1.68. The van der Waals surface area contributed by atoms with Gasteiger partial charge in [0.15, 0.2) is 0 Å². The fraction of sp³-hybridized carbons (Fsp3) is 0.385. The first-order valence-corrected chi connectivity index (χ1v) is 5.94. The Balaban J connectivity index is 1.97. The molecule has 1 aliphatic rings. The first-order chi connectivity index (χ1) is 8.19. The number of nitrogens with one attached hydrogen (secondary N) is 1. The van der Waals surface area contributed by atoms with Gasteiger partial charge in [0.1, 0.15) is 0 Å². The first kappa shape index (κ1) is 11.8. The summed E-state index contributed by atoms with van der Waals surface area (Å²) in [6, 6.07) is 1.91. The third-order valence-corrected chi connectivity index (χ3v) is 2.87. The molecule has 0 radical (unpaired) electrons. The van der Waals surface area contributed by atoms with Gasteiger partial charge in [0.25, 0.3) is 0 Å². The smallest absolute Gasteiger partial charge is 0.0777 e. The van der Waals surface area contributed by atoms with Crippen LogP contribution in [0.25, 0.3) is 0 Å². The van der Waals surface area contributed by atoms with Crippen molar-refractivity contribution in [3.8, 4) is 0 Å². The number of hydrogen-bond donors (Lipinski definition) is 2. The maximum absolute atomic E-state index is 9.43. The summed E-state index contributed by atoms with van der Waals surface area (Å²) < 4.78 is 1.86.